The quantitative estimate of drug-likeness (QED) is 0.631. The number of rotatable bonds is 8. The Kier molecular flexibility index (Phi) is 8.74. The predicted octanol–water partition coefficient (Wildman–Crippen LogP) is 4.56. The number of halogens is 2. The Morgan fingerprint density at radius 1 is 1.11 bits per heavy atom. The average molecular weight is 407 g/mol. The molecule has 0 saturated heterocycles. The Labute approximate surface area is 172 Å². The molecule has 0 spiro atoms. The van der Waals surface area contributed by atoms with Crippen LogP contribution >= 0.6 is 12.4 Å². The molecule has 2 aromatic rings. The van der Waals surface area contributed by atoms with Gasteiger partial charge in [-0.15, -0.1) is 12.4 Å². The van der Waals surface area contributed by atoms with Gasteiger partial charge in [0.25, 0.3) is 0 Å². The van der Waals surface area contributed by atoms with E-state index < -0.39 is 5.91 Å². The van der Waals surface area contributed by atoms with Crippen molar-refractivity contribution in [3.8, 4) is 16.9 Å². The summed E-state index contributed by atoms with van der Waals surface area (Å²) in [5.74, 6) is 0.592. The molecule has 1 aliphatic carbocycles. The minimum absolute atomic E-state index is 0. The van der Waals surface area contributed by atoms with Gasteiger partial charge in [0.2, 0.25) is 5.91 Å². The minimum Gasteiger partial charge on any atom is -0.492 e. The van der Waals surface area contributed by atoms with Crippen molar-refractivity contribution < 1.29 is 13.9 Å². The Morgan fingerprint density at radius 2 is 1.82 bits per heavy atom. The zero-order valence-corrected chi connectivity index (χ0v) is 16.8. The van der Waals surface area contributed by atoms with Gasteiger partial charge in [-0.1, -0.05) is 31.4 Å². The second-order valence-corrected chi connectivity index (χ2v) is 7.14. The summed E-state index contributed by atoms with van der Waals surface area (Å²) >= 11 is 0. The molecule has 0 heterocycles. The maximum absolute atomic E-state index is 14.2. The largest absolute Gasteiger partial charge is 0.492 e. The van der Waals surface area contributed by atoms with E-state index >= 15 is 0 Å². The van der Waals surface area contributed by atoms with Crippen LogP contribution in [0.25, 0.3) is 11.1 Å². The van der Waals surface area contributed by atoms with Crippen LogP contribution < -0.4 is 15.8 Å². The van der Waals surface area contributed by atoms with Gasteiger partial charge in [-0.3, -0.25) is 4.79 Å². The van der Waals surface area contributed by atoms with Crippen molar-refractivity contribution >= 4 is 18.3 Å². The Balaban J connectivity index is 0.00000280. The number of hydrogen-bond donors (Lipinski definition) is 2. The van der Waals surface area contributed by atoms with Crippen molar-refractivity contribution in [3.63, 3.8) is 0 Å². The van der Waals surface area contributed by atoms with E-state index in [1.165, 1.54) is 38.2 Å². The lowest BCUT2D eigenvalue weighted by molar-refractivity contribution is 0.100. The summed E-state index contributed by atoms with van der Waals surface area (Å²) in [6.07, 6.45) is 6.72. The summed E-state index contributed by atoms with van der Waals surface area (Å²) in [5, 5.41) is 3.46. The highest BCUT2D eigenvalue weighted by Gasteiger charge is 2.12. The first kappa shape index (κ1) is 22.2. The Morgan fingerprint density at radius 3 is 2.50 bits per heavy atom. The molecule has 152 valence electrons. The molecule has 0 radical (unpaired) electrons. The van der Waals surface area contributed by atoms with E-state index in [-0.39, 0.29) is 18.2 Å². The summed E-state index contributed by atoms with van der Waals surface area (Å²) < 4.78 is 20.0. The number of carbonyl (C=O) groups is 1. The molecule has 3 N–H and O–H groups in total. The third-order valence-electron chi connectivity index (χ3n) is 5.12. The van der Waals surface area contributed by atoms with Crippen LogP contribution in [-0.2, 0) is 0 Å². The Hall–Kier alpha value is -2.11. The highest BCUT2D eigenvalue weighted by molar-refractivity contribution is 5.93. The molecule has 0 atom stereocenters. The number of hydrogen-bond acceptors (Lipinski definition) is 3. The molecule has 0 unspecified atom stereocenters. The summed E-state index contributed by atoms with van der Waals surface area (Å²) in [5.41, 5.74) is 6.77. The molecule has 0 bridgehead atoms. The van der Waals surface area contributed by atoms with Gasteiger partial charge in [0, 0.05) is 17.7 Å². The Bertz CT molecular complexity index is 762. The molecule has 1 aliphatic rings. The van der Waals surface area contributed by atoms with E-state index in [9.17, 15) is 9.18 Å². The third-order valence-corrected chi connectivity index (χ3v) is 5.12. The van der Waals surface area contributed by atoms with E-state index in [1.807, 2.05) is 0 Å². The molecule has 0 aliphatic heterocycles. The van der Waals surface area contributed by atoms with Crippen molar-refractivity contribution in [2.75, 3.05) is 19.7 Å². The van der Waals surface area contributed by atoms with Gasteiger partial charge in [-0.25, -0.2) is 4.39 Å². The van der Waals surface area contributed by atoms with Crippen molar-refractivity contribution in [1.82, 2.24) is 5.32 Å². The molecule has 28 heavy (non-hydrogen) atoms. The summed E-state index contributed by atoms with van der Waals surface area (Å²) in [4.78, 5) is 11.2. The lowest BCUT2D eigenvalue weighted by atomic mass is 9.89. The van der Waals surface area contributed by atoms with E-state index in [2.05, 4.69) is 5.32 Å². The topological polar surface area (TPSA) is 64.4 Å². The minimum atomic E-state index is -0.500. The second kappa shape index (κ2) is 11.0. The number of primary amides is 1. The maximum Gasteiger partial charge on any atom is 0.248 e. The van der Waals surface area contributed by atoms with Crippen LogP contribution in [0.4, 0.5) is 4.39 Å². The maximum atomic E-state index is 14.2. The normalized spacial score (nSPS) is 14.3. The molecule has 6 heteroatoms. The number of amides is 1. The first-order valence-electron chi connectivity index (χ1n) is 9.67. The lowest BCUT2D eigenvalue weighted by Gasteiger charge is -2.21. The first-order valence-corrected chi connectivity index (χ1v) is 9.67. The van der Waals surface area contributed by atoms with Crippen LogP contribution in [0.2, 0.25) is 0 Å². The smallest absolute Gasteiger partial charge is 0.248 e. The number of ether oxygens (including phenoxy) is 1. The van der Waals surface area contributed by atoms with E-state index in [1.54, 1.807) is 36.4 Å². The first-order chi connectivity index (χ1) is 13.1. The van der Waals surface area contributed by atoms with Gasteiger partial charge in [0.15, 0.2) is 0 Å². The van der Waals surface area contributed by atoms with Gasteiger partial charge in [0.05, 0.1) is 0 Å². The molecule has 3 rings (SSSR count). The fourth-order valence-corrected chi connectivity index (χ4v) is 3.57. The fourth-order valence-electron chi connectivity index (χ4n) is 3.57. The van der Waals surface area contributed by atoms with Crippen molar-refractivity contribution in [2.45, 2.75) is 32.1 Å². The summed E-state index contributed by atoms with van der Waals surface area (Å²) in [6.45, 7) is 2.36. The average Bonchev–Trinajstić information content (AvgIpc) is 2.70. The van der Waals surface area contributed by atoms with Crippen molar-refractivity contribution in [1.29, 1.82) is 0 Å². The van der Waals surface area contributed by atoms with E-state index in [0.29, 0.717) is 29.0 Å². The molecule has 2 aromatic carbocycles. The lowest BCUT2D eigenvalue weighted by Crippen LogP contribution is -2.28. The monoisotopic (exact) mass is 406 g/mol. The molecular formula is C22H28ClFN2O2. The van der Waals surface area contributed by atoms with Gasteiger partial charge in [0.1, 0.15) is 18.2 Å². The van der Waals surface area contributed by atoms with Crippen molar-refractivity contribution in [3.05, 3.63) is 53.8 Å². The van der Waals surface area contributed by atoms with Gasteiger partial charge in [-0.2, -0.15) is 0 Å². The zero-order chi connectivity index (χ0) is 19.1. The van der Waals surface area contributed by atoms with E-state index in [4.69, 9.17) is 10.5 Å². The fraction of sp³-hybridized carbons (Fsp3) is 0.409. The summed E-state index contributed by atoms with van der Waals surface area (Å²) in [7, 11) is 0. The predicted molar refractivity (Wildman–Crippen MR) is 113 cm³/mol. The molecule has 0 aromatic heterocycles. The molecule has 1 amide bonds. The summed E-state index contributed by atoms with van der Waals surface area (Å²) in [6, 6.07) is 11.3. The van der Waals surface area contributed by atoms with Gasteiger partial charge >= 0.3 is 0 Å². The molecule has 1 fully saturated rings. The zero-order valence-electron chi connectivity index (χ0n) is 16.0. The van der Waals surface area contributed by atoms with Crippen LogP contribution in [0.15, 0.2) is 42.5 Å². The number of nitrogens with two attached hydrogens (primary N) is 1. The molecular weight excluding hydrogens is 379 g/mol. The van der Waals surface area contributed by atoms with Crippen LogP contribution in [0.3, 0.4) is 0 Å². The van der Waals surface area contributed by atoms with Gasteiger partial charge in [-0.05, 0) is 61.2 Å². The van der Waals surface area contributed by atoms with Crippen LogP contribution in [0.5, 0.6) is 5.75 Å². The number of nitrogens with one attached hydrogen (secondary N) is 1. The number of carbonyl (C=O) groups excluding carboxylic acids is 1. The SMILES string of the molecule is Cl.NC(=O)c1ccc(-c2cc(OCCNCC3CCCCC3)ccc2F)cc1. The third kappa shape index (κ3) is 6.21. The number of benzene rings is 2. The van der Waals surface area contributed by atoms with E-state index in [0.717, 1.165) is 19.0 Å². The standard InChI is InChI=1S/C22H27FN2O2.ClH/c23-21-11-10-19(27-13-12-25-15-16-4-2-1-3-5-16)14-20(21)17-6-8-18(9-7-17)22(24)26;/h6-11,14,16,25H,1-5,12-13,15H2,(H2,24,26);1H. The van der Waals surface area contributed by atoms with Crippen LogP contribution in [0.1, 0.15) is 42.5 Å². The molecule has 4 nitrogen and oxygen atoms in total. The van der Waals surface area contributed by atoms with Crippen molar-refractivity contribution in [2.24, 2.45) is 11.7 Å². The molecule has 1 saturated carbocycles. The second-order valence-electron chi connectivity index (χ2n) is 7.14. The van der Waals surface area contributed by atoms with Gasteiger partial charge < -0.3 is 15.8 Å². The van der Waals surface area contributed by atoms with Crippen LogP contribution in [-0.4, -0.2) is 25.6 Å². The highest BCUT2D eigenvalue weighted by atomic mass is 35.5. The highest BCUT2D eigenvalue weighted by Crippen LogP contribution is 2.27. The van der Waals surface area contributed by atoms with Crippen LogP contribution in [0, 0.1) is 11.7 Å².